The topological polar surface area (TPSA) is 197 Å². The maximum atomic E-state index is 12.5. The Labute approximate surface area is 239 Å². The van der Waals surface area contributed by atoms with Gasteiger partial charge in [-0.25, -0.2) is 0 Å². The van der Waals surface area contributed by atoms with Gasteiger partial charge in [-0.1, -0.05) is 19.3 Å². The lowest BCUT2D eigenvalue weighted by Crippen LogP contribution is -2.63. The van der Waals surface area contributed by atoms with Crippen LogP contribution >= 0.6 is 0 Å². The Morgan fingerprint density at radius 1 is 0.756 bits per heavy atom. The summed E-state index contributed by atoms with van der Waals surface area (Å²) in [7, 11) is 0. The SMILES string of the molecule is CC(=O)OC[C@H]1O[C@H]2COC(C)CCCCCCC(=O)O[C@H]3[C@H](O)[C@@H](O)[C@H](CO[C@@H]2[C@@H](O)[C@@H]1O)O[C@@H]3COC(C)=O. The van der Waals surface area contributed by atoms with Gasteiger partial charge in [-0.15, -0.1) is 0 Å². The van der Waals surface area contributed by atoms with Crippen LogP contribution < -0.4 is 0 Å². The molecule has 4 rings (SSSR count). The number of carbonyl (C=O) groups is 3. The first-order valence-corrected chi connectivity index (χ1v) is 14.2. The highest BCUT2D eigenvalue weighted by Gasteiger charge is 2.50. The third-order valence-corrected chi connectivity index (χ3v) is 7.48. The van der Waals surface area contributed by atoms with Crippen molar-refractivity contribution >= 4 is 17.9 Å². The molecule has 0 spiro atoms. The predicted octanol–water partition coefficient (Wildman–Crippen LogP) is -0.853. The van der Waals surface area contributed by atoms with Crippen LogP contribution in [0.4, 0.5) is 0 Å². The molecule has 1 unspecified atom stereocenters. The molecule has 14 nitrogen and oxygen atoms in total. The molecule has 0 aromatic heterocycles. The lowest BCUT2D eigenvalue weighted by Gasteiger charge is -2.45. The van der Waals surface area contributed by atoms with Gasteiger partial charge in [-0.05, 0) is 19.8 Å². The van der Waals surface area contributed by atoms with Crippen molar-refractivity contribution in [3.8, 4) is 0 Å². The molecule has 0 radical (unpaired) electrons. The first-order valence-electron chi connectivity index (χ1n) is 14.2. The van der Waals surface area contributed by atoms with E-state index in [0.717, 1.165) is 25.7 Å². The van der Waals surface area contributed by atoms with Crippen molar-refractivity contribution in [3.05, 3.63) is 0 Å². The summed E-state index contributed by atoms with van der Waals surface area (Å²) >= 11 is 0. The molecule has 0 saturated carbocycles. The Hall–Kier alpha value is -1.91. The second-order valence-corrected chi connectivity index (χ2v) is 10.8. The first kappa shape index (κ1) is 33.6. The quantitative estimate of drug-likeness (QED) is 0.233. The number of aliphatic hydroxyl groups is 4. The number of carbonyl (C=O) groups excluding carboxylic acids is 3. The maximum Gasteiger partial charge on any atom is 0.306 e. The number of hydrogen-bond donors (Lipinski definition) is 4. The summed E-state index contributed by atoms with van der Waals surface area (Å²) in [6.07, 6.45) is -9.12. The van der Waals surface area contributed by atoms with Gasteiger partial charge in [0.15, 0.2) is 6.10 Å². The van der Waals surface area contributed by atoms with E-state index in [0.29, 0.717) is 6.42 Å². The molecular weight excluding hydrogens is 548 g/mol. The van der Waals surface area contributed by atoms with E-state index in [1.807, 2.05) is 6.92 Å². The average molecular weight is 593 g/mol. The van der Waals surface area contributed by atoms with Crippen molar-refractivity contribution in [3.63, 3.8) is 0 Å². The van der Waals surface area contributed by atoms with Crippen LogP contribution in [0.25, 0.3) is 0 Å². The zero-order valence-corrected chi connectivity index (χ0v) is 23.8. The van der Waals surface area contributed by atoms with Gasteiger partial charge < -0.3 is 53.6 Å². The molecule has 11 atom stereocenters. The molecule has 0 amide bonds. The smallest absolute Gasteiger partial charge is 0.306 e. The summed E-state index contributed by atoms with van der Waals surface area (Å²) in [5.74, 6) is -1.77. The number of ether oxygens (including phenoxy) is 7. The molecule has 4 heterocycles. The van der Waals surface area contributed by atoms with Gasteiger partial charge in [0.05, 0.1) is 19.3 Å². The molecule has 4 aliphatic rings. The number of rotatable bonds is 4. The Bertz CT molecular complexity index is 854. The molecule has 0 aromatic rings. The Morgan fingerprint density at radius 2 is 1.34 bits per heavy atom. The van der Waals surface area contributed by atoms with Crippen molar-refractivity contribution in [1.29, 1.82) is 0 Å². The largest absolute Gasteiger partial charge is 0.463 e. The van der Waals surface area contributed by atoms with Crippen molar-refractivity contribution in [1.82, 2.24) is 0 Å². The van der Waals surface area contributed by atoms with Crippen LogP contribution in [0.2, 0.25) is 0 Å². The number of aliphatic hydroxyl groups excluding tert-OH is 4. The van der Waals surface area contributed by atoms with E-state index in [4.69, 9.17) is 33.2 Å². The summed E-state index contributed by atoms with van der Waals surface area (Å²) < 4.78 is 39.2. The molecule has 4 saturated heterocycles. The Balaban J connectivity index is 1.81. The number of fused-ring (bicyclic) bond motifs is 13. The number of hydrogen-bond acceptors (Lipinski definition) is 14. The fraction of sp³-hybridized carbons (Fsp3) is 0.889. The van der Waals surface area contributed by atoms with Crippen LogP contribution in [0.5, 0.6) is 0 Å². The molecular formula is C27H44O14. The van der Waals surface area contributed by atoms with Gasteiger partial charge in [0.1, 0.15) is 68.1 Å². The van der Waals surface area contributed by atoms with Gasteiger partial charge in [0, 0.05) is 20.3 Å². The van der Waals surface area contributed by atoms with Crippen LogP contribution in [-0.2, 0) is 47.5 Å². The van der Waals surface area contributed by atoms with E-state index in [9.17, 15) is 34.8 Å². The van der Waals surface area contributed by atoms with Crippen LogP contribution in [0.3, 0.4) is 0 Å². The summed E-state index contributed by atoms with van der Waals surface area (Å²) in [6.45, 7) is 3.26. The van der Waals surface area contributed by atoms with E-state index in [2.05, 4.69) is 0 Å². The zero-order chi connectivity index (χ0) is 30.1. The maximum absolute atomic E-state index is 12.5. The van der Waals surface area contributed by atoms with Gasteiger partial charge in [-0.3, -0.25) is 14.4 Å². The fourth-order valence-electron chi connectivity index (χ4n) is 5.14. The van der Waals surface area contributed by atoms with E-state index in [1.54, 1.807) is 0 Å². The second kappa shape index (κ2) is 16.1. The summed E-state index contributed by atoms with van der Waals surface area (Å²) in [6, 6.07) is 0. The predicted molar refractivity (Wildman–Crippen MR) is 137 cm³/mol. The van der Waals surface area contributed by atoms with E-state index >= 15 is 0 Å². The Kier molecular flexibility index (Phi) is 13.2. The zero-order valence-electron chi connectivity index (χ0n) is 23.8. The van der Waals surface area contributed by atoms with E-state index in [-0.39, 0.29) is 39.0 Å². The molecule has 4 fully saturated rings. The highest BCUT2D eigenvalue weighted by molar-refractivity contribution is 5.69. The summed E-state index contributed by atoms with van der Waals surface area (Å²) in [5.41, 5.74) is 0. The molecule has 41 heavy (non-hydrogen) atoms. The summed E-state index contributed by atoms with van der Waals surface area (Å²) in [4.78, 5) is 35.3. The van der Waals surface area contributed by atoms with E-state index < -0.39 is 78.9 Å². The standard InChI is InChI=1S/C27H44O14/c1-14-8-6-4-5-7-9-21(30)41-27-20(13-37-16(3)29)40-18(23(32)25(27)34)11-38-26-19(12-35-14)39-17(10-36-15(2)28)22(31)24(26)33/h14,17-20,22-27,31-34H,4-13H2,1-3H3/t14?,17-,18+,19+,20-,22-,23+,24+,25-,26+,27-/m1/s1. The second-order valence-electron chi connectivity index (χ2n) is 10.8. The molecule has 2 bridgehead atoms. The third-order valence-electron chi connectivity index (χ3n) is 7.48. The molecule has 0 aliphatic carbocycles. The Morgan fingerprint density at radius 3 is 2.02 bits per heavy atom. The molecule has 4 aliphatic heterocycles. The summed E-state index contributed by atoms with van der Waals surface area (Å²) in [5, 5.41) is 43.3. The highest BCUT2D eigenvalue weighted by Crippen LogP contribution is 2.29. The monoisotopic (exact) mass is 592 g/mol. The molecule has 0 aromatic carbocycles. The van der Waals surface area contributed by atoms with Crippen LogP contribution in [0.15, 0.2) is 0 Å². The van der Waals surface area contributed by atoms with Crippen LogP contribution in [0, 0.1) is 0 Å². The molecule has 4 N–H and O–H groups in total. The molecule has 14 heteroatoms. The first-order chi connectivity index (χ1) is 19.5. The minimum Gasteiger partial charge on any atom is -0.463 e. The lowest BCUT2D eigenvalue weighted by atomic mass is 9.93. The van der Waals surface area contributed by atoms with E-state index in [1.165, 1.54) is 13.8 Å². The highest BCUT2D eigenvalue weighted by atomic mass is 16.6. The van der Waals surface area contributed by atoms with Crippen LogP contribution in [-0.4, -0.2) is 132 Å². The van der Waals surface area contributed by atoms with Gasteiger partial charge in [-0.2, -0.15) is 0 Å². The van der Waals surface area contributed by atoms with Gasteiger partial charge in [0.25, 0.3) is 0 Å². The van der Waals surface area contributed by atoms with Gasteiger partial charge in [0.2, 0.25) is 0 Å². The van der Waals surface area contributed by atoms with Crippen molar-refractivity contribution in [2.24, 2.45) is 0 Å². The number of esters is 3. The molecule has 236 valence electrons. The minimum absolute atomic E-state index is 0.0115. The van der Waals surface area contributed by atoms with Crippen molar-refractivity contribution < 1.29 is 68.0 Å². The van der Waals surface area contributed by atoms with Crippen LogP contribution in [0.1, 0.15) is 59.3 Å². The van der Waals surface area contributed by atoms with Crippen molar-refractivity contribution in [2.75, 3.05) is 26.4 Å². The normalized spacial score (nSPS) is 39.8. The lowest BCUT2D eigenvalue weighted by molar-refractivity contribution is -0.277. The minimum atomic E-state index is -1.59. The average Bonchev–Trinajstić information content (AvgIpc) is 2.92. The van der Waals surface area contributed by atoms with Crippen molar-refractivity contribution in [2.45, 2.75) is 126 Å². The van der Waals surface area contributed by atoms with Gasteiger partial charge >= 0.3 is 17.9 Å². The third kappa shape index (κ3) is 9.82. The fourth-order valence-corrected chi connectivity index (χ4v) is 5.14.